The SMILES string of the molecule is Cc1ccc(OCCn2c(C(C)NC(=O)c3ccc(C)cc3C)nc3ccccc32)c(C)c1. The first-order valence-corrected chi connectivity index (χ1v) is 11.4. The molecule has 0 saturated carbocycles. The largest absolute Gasteiger partial charge is 0.491 e. The number of fused-ring (bicyclic) bond motifs is 1. The van der Waals surface area contributed by atoms with E-state index in [1.54, 1.807) is 0 Å². The Labute approximate surface area is 195 Å². The van der Waals surface area contributed by atoms with E-state index in [2.05, 4.69) is 41.9 Å². The summed E-state index contributed by atoms with van der Waals surface area (Å²) in [5.74, 6) is 1.62. The molecule has 4 rings (SSSR count). The predicted octanol–water partition coefficient (Wildman–Crippen LogP) is 5.84. The second kappa shape index (κ2) is 9.49. The minimum Gasteiger partial charge on any atom is -0.491 e. The van der Waals surface area contributed by atoms with Gasteiger partial charge in [-0.15, -0.1) is 0 Å². The normalized spacial score (nSPS) is 12.0. The summed E-state index contributed by atoms with van der Waals surface area (Å²) in [6.07, 6.45) is 0. The van der Waals surface area contributed by atoms with Crippen LogP contribution in [-0.2, 0) is 6.54 Å². The fourth-order valence-corrected chi connectivity index (χ4v) is 4.28. The molecule has 5 nitrogen and oxygen atoms in total. The zero-order chi connectivity index (χ0) is 23.5. The maximum Gasteiger partial charge on any atom is 0.252 e. The molecule has 3 aromatic carbocycles. The number of carbonyl (C=O) groups excluding carboxylic acids is 1. The van der Waals surface area contributed by atoms with Crippen molar-refractivity contribution < 1.29 is 9.53 Å². The van der Waals surface area contributed by atoms with Gasteiger partial charge in [0.1, 0.15) is 18.2 Å². The molecule has 1 atom stereocenters. The molecule has 0 aliphatic carbocycles. The van der Waals surface area contributed by atoms with E-state index >= 15 is 0 Å². The van der Waals surface area contributed by atoms with Crippen LogP contribution in [0.1, 0.15) is 51.4 Å². The fourth-order valence-electron chi connectivity index (χ4n) is 4.28. The molecule has 0 spiro atoms. The van der Waals surface area contributed by atoms with Crippen molar-refractivity contribution in [2.24, 2.45) is 0 Å². The lowest BCUT2D eigenvalue weighted by molar-refractivity contribution is 0.0937. The number of benzene rings is 3. The van der Waals surface area contributed by atoms with E-state index in [1.807, 2.05) is 63.2 Å². The molecule has 170 valence electrons. The summed E-state index contributed by atoms with van der Waals surface area (Å²) < 4.78 is 8.23. The predicted molar refractivity (Wildman–Crippen MR) is 133 cm³/mol. The van der Waals surface area contributed by atoms with Gasteiger partial charge in [-0.1, -0.05) is 47.5 Å². The third kappa shape index (κ3) is 4.92. The Morgan fingerprint density at radius 3 is 2.39 bits per heavy atom. The standard InChI is InChI=1S/C28H31N3O2/c1-18-10-12-23(20(3)16-18)28(32)29-22(5)27-30-24-8-6-7-9-25(24)31(27)14-15-33-26-13-11-19(2)17-21(26)4/h6-13,16-17,22H,14-15H2,1-5H3,(H,29,32). The number of aryl methyl sites for hydroxylation is 4. The summed E-state index contributed by atoms with van der Waals surface area (Å²) in [7, 11) is 0. The number of carbonyl (C=O) groups is 1. The summed E-state index contributed by atoms with van der Waals surface area (Å²) >= 11 is 0. The van der Waals surface area contributed by atoms with Gasteiger partial charge in [-0.25, -0.2) is 4.98 Å². The molecular formula is C28H31N3O2. The fraction of sp³-hybridized carbons (Fsp3) is 0.286. The maximum absolute atomic E-state index is 13.0. The van der Waals surface area contributed by atoms with E-state index in [0.717, 1.165) is 39.3 Å². The molecule has 0 saturated heterocycles. The molecular weight excluding hydrogens is 410 g/mol. The molecule has 0 fully saturated rings. The highest BCUT2D eigenvalue weighted by atomic mass is 16.5. The van der Waals surface area contributed by atoms with Crippen molar-refractivity contribution in [3.05, 3.63) is 94.3 Å². The molecule has 0 aliphatic rings. The molecule has 1 heterocycles. The Bertz CT molecular complexity index is 1310. The van der Waals surface area contributed by atoms with Crippen LogP contribution in [0.15, 0.2) is 60.7 Å². The monoisotopic (exact) mass is 441 g/mol. The molecule has 1 N–H and O–H groups in total. The molecule has 0 bridgehead atoms. The lowest BCUT2D eigenvalue weighted by Gasteiger charge is -2.18. The first-order valence-electron chi connectivity index (χ1n) is 11.4. The number of para-hydroxylation sites is 2. The number of nitrogens with one attached hydrogen (secondary N) is 1. The Kier molecular flexibility index (Phi) is 6.50. The molecule has 4 aromatic rings. The summed E-state index contributed by atoms with van der Waals surface area (Å²) in [6, 6.07) is 19.9. The average Bonchev–Trinajstić information content (AvgIpc) is 3.14. The third-order valence-electron chi connectivity index (χ3n) is 5.95. The summed E-state index contributed by atoms with van der Waals surface area (Å²) in [5.41, 5.74) is 7.08. The zero-order valence-electron chi connectivity index (χ0n) is 20.0. The van der Waals surface area contributed by atoms with Crippen LogP contribution in [-0.4, -0.2) is 22.1 Å². The lowest BCUT2D eigenvalue weighted by atomic mass is 10.0. The minimum absolute atomic E-state index is 0.0925. The Morgan fingerprint density at radius 1 is 0.970 bits per heavy atom. The number of aromatic nitrogens is 2. The van der Waals surface area contributed by atoms with Crippen molar-refractivity contribution in [3.8, 4) is 5.75 Å². The van der Waals surface area contributed by atoms with Gasteiger partial charge in [-0.3, -0.25) is 4.79 Å². The van der Waals surface area contributed by atoms with E-state index in [-0.39, 0.29) is 11.9 Å². The quantitative estimate of drug-likeness (QED) is 0.392. The van der Waals surface area contributed by atoms with Crippen molar-refractivity contribution in [2.45, 2.75) is 47.2 Å². The van der Waals surface area contributed by atoms with E-state index in [9.17, 15) is 4.79 Å². The van der Waals surface area contributed by atoms with Crippen LogP contribution in [0.3, 0.4) is 0 Å². The molecule has 33 heavy (non-hydrogen) atoms. The van der Waals surface area contributed by atoms with Gasteiger partial charge in [-0.2, -0.15) is 0 Å². The first kappa shape index (κ1) is 22.6. The van der Waals surface area contributed by atoms with Crippen LogP contribution >= 0.6 is 0 Å². The van der Waals surface area contributed by atoms with Crippen molar-refractivity contribution >= 4 is 16.9 Å². The number of hydrogen-bond donors (Lipinski definition) is 1. The molecule has 0 aliphatic heterocycles. The van der Waals surface area contributed by atoms with Gasteiger partial charge in [0.15, 0.2) is 0 Å². The van der Waals surface area contributed by atoms with Crippen LogP contribution in [0.5, 0.6) is 5.75 Å². The number of hydrogen-bond acceptors (Lipinski definition) is 3. The van der Waals surface area contributed by atoms with Gasteiger partial charge in [0.25, 0.3) is 5.91 Å². The molecule has 0 radical (unpaired) electrons. The van der Waals surface area contributed by atoms with Gasteiger partial charge in [0.05, 0.1) is 23.6 Å². The molecule has 5 heteroatoms. The second-order valence-corrected chi connectivity index (χ2v) is 8.74. The number of nitrogens with zero attached hydrogens (tertiary/aromatic N) is 2. The smallest absolute Gasteiger partial charge is 0.252 e. The summed E-state index contributed by atoms with van der Waals surface area (Å²) in [5, 5.41) is 3.13. The van der Waals surface area contributed by atoms with E-state index in [0.29, 0.717) is 18.7 Å². The molecule has 1 unspecified atom stereocenters. The van der Waals surface area contributed by atoms with Crippen LogP contribution in [0.4, 0.5) is 0 Å². The number of rotatable bonds is 7. The Morgan fingerprint density at radius 2 is 1.67 bits per heavy atom. The summed E-state index contributed by atoms with van der Waals surface area (Å²) in [6.45, 7) is 11.2. The second-order valence-electron chi connectivity index (χ2n) is 8.74. The maximum atomic E-state index is 13.0. The zero-order valence-corrected chi connectivity index (χ0v) is 20.0. The van der Waals surface area contributed by atoms with Crippen LogP contribution in [0.25, 0.3) is 11.0 Å². The van der Waals surface area contributed by atoms with Gasteiger partial charge >= 0.3 is 0 Å². The van der Waals surface area contributed by atoms with Crippen molar-refractivity contribution in [1.82, 2.24) is 14.9 Å². The summed E-state index contributed by atoms with van der Waals surface area (Å²) in [4.78, 5) is 17.8. The Balaban J connectivity index is 1.55. The van der Waals surface area contributed by atoms with Crippen molar-refractivity contribution in [3.63, 3.8) is 0 Å². The topological polar surface area (TPSA) is 56.1 Å². The molecule has 1 amide bonds. The lowest BCUT2D eigenvalue weighted by Crippen LogP contribution is -2.29. The van der Waals surface area contributed by atoms with Crippen LogP contribution < -0.4 is 10.1 Å². The Hall–Kier alpha value is -3.60. The number of ether oxygens (including phenoxy) is 1. The van der Waals surface area contributed by atoms with Crippen LogP contribution in [0, 0.1) is 27.7 Å². The first-order chi connectivity index (χ1) is 15.8. The molecule has 1 aromatic heterocycles. The van der Waals surface area contributed by atoms with Crippen LogP contribution in [0.2, 0.25) is 0 Å². The highest BCUT2D eigenvalue weighted by Gasteiger charge is 2.20. The third-order valence-corrected chi connectivity index (χ3v) is 5.95. The van der Waals surface area contributed by atoms with E-state index < -0.39 is 0 Å². The van der Waals surface area contributed by atoms with E-state index in [1.165, 1.54) is 5.56 Å². The van der Waals surface area contributed by atoms with Gasteiger partial charge in [-0.05, 0) is 70.0 Å². The van der Waals surface area contributed by atoms with Gasteiger partial charge in [0.2, 0.25) is 0 Å². The van der Waals surface area contributed by atoms with Gasteiger partial charge < -0.3 is 14.6 Å². The van der Waals surface area contributed by atoms with Crippen molar-refractivity contribution in [2.75, 3.05) is 6.61 Å². The number of imidazole rings is 1. The highest BCUT2D eigenvalue weighted by molar-refractivity contribution is 5.96. The number of amides is 1. The minimum atomic E-state index is -0.258. The van der Waals surface area contributed by atoms with E-state index in [4.69, 9.17) is 9.72 Å². The van der Waals surface area contributed by atoms with Crippen molar-refractivity contribution in [1.29, 1.82) is 0 Å². The average molecular weight is 442 g/mol. The highest BCUT2D eigenvalue weighted by Crippen LogP contribution is 2.23. The van der Waals surface area contributed by atoms with Gasteiger partial charge in [0, 0.05) is 5.56 Å².